The number of hydrogen-bond donors (Lipinski definition) is 1. The molecule has 0 saturated heterocycles. The van der Waals surface area contributed by atoms with Gasteiger partial charge in [-0.2, -0.15) is 5.10 Å². The van der Waals surface area contributed by atoms with E-state index in [2.05, 4.69) is 10.2 Å². The molecule has 1 aromatic heterocycles. The largest absolute Gasteiger partial charge is 0.473 e. The second kappa shape index (κ2) is 5.92. The van der Waals surface area contributed by atoms with Crippen LogP contribution in [0.25, 0.3) is 0 Å². The molecule has 1 aromatic carbocycles. The van der Waals surface area contributed by atoms with Crippen LogP contribution in [0.1, 0.15) is 22.9 Å². The van der Waals surface area contributed by atoms with E-state index in [1.54, 1.807) is 13.0 Å². The molecule has 106 valence electrons. The van der Waals surface area contributed by atoms with Crippen LogP contribution >= 0.6 is 0 Å². The maximum atomic E-state index is 13.5. The Morgan fingerprint density at radius 1 is 1.20 bits per heavy atom. The second-order valence-electron chi connectivity index (χ2n) is 4.41. The molecule has 0 fully saturated rings. The predicted molar refractivity (Wildman–Crippen MR) is 68.3 cm³/mol. The van der Waals surface area contributed by atoms with Crippen molar-refractivity contribution in [1.82, 2.24) is 10.2 Å². The van der Waals surface area contributed by atoms with Gasteiger partial charge in [0.25, 0.3) is 0 Å². The highest BCUT2D eigenvalue weighted by Gasteiger charge is 2.18. The number of benzene rings is 1. The molecule has 0 saturated carbocycles. The Bertz CT molecular complexity index is 600. The Morgan fingerprint density at radius 3 is 2.45 bits per heavy atom. The molecule has 0 aliphatic heterocycles. The number of ether oxygens (including phenoxy) is 1. The van der Waals surface area contributed by atoms with Gasteiger partial charge in [-0.25, -0.2) is 8.78 Å². The summed E-state index contributed by atoms with van der Waals surface area (Å²) in [5.74, 6) is -1.43. The van der Waals surface area contributed by atoms with E-state index in [-0.39, 0.29) is 12.5 Å². The molecule has 0 amide bonds. The highest BCUT2D eigenvalue weighted by molar-refractivity contribution is 5.23. The SMILES string of the molecule is Cc1cc(OC[C@@H](O)c2c(F)cccc2F)nnc1C. The number of aliphatic hydroxyl groups is 1. The van der Waals surface area contributed by atoms with Crippen molar-refractivity contribution in [2.24, 2.45) is 0 Å². The molecule has 1 N–H and O–H groups in total. The first-order chi connectivity index (χ1) is 9.49. The molecule has 0 radical (unpaired) electrons. The van der Waals surface area contributed by atoms with E-state index in [4.69, 9.17) is 4.74 Å². The number of halogens is 2. The molecule has 0 bridgehead atoms. The Labute approximate surface area is 115 Å². The van der Waals surface area contributed by atoms with Crippen molar-refractivity contribution in [2.45, 2.75) is 20.0 Å². The summed E-state index contributed by atoms with van der Waals surface area (Å²) in [7, 11) is 0. The first-order valence-electron chi connectivity index (χ1n) is 6.04. The standard InChI is InChI=1S/C14H14F2N2O2/c1-8-6-13(18-17-9(8)2)20-7-12(19)14-10(15)4-3-5-11(14)16/h3-6,12,19H,7H2,1-2H3/t12-/m1/s1. The molecular weight excluding hydrogens is 266 g/mol. The number of nitrogens with zero attached hydrogens (tertiary/aromatic N) is 2. The zero-order valence-corrected chi connectivity index (χ0v) is 11.1. The fourth-order valence-corrected chi connectivity index (χ4v) is 1.67. The lowest BCUT2D eigenvalue weighted by Crippen LogP contribution is -2.14. The molecule has 1 heterocycles. The Morgan fingerprint density at radius 2 is 1.85 bits per heavy atom. The van der Waals surface area contributed by atoms with Crippen molar-refractivity contribution in [3.8, 4) is 5.88 Å². The Hall–Kier alpha value is -2.08. The quantitative estimate of drug-likeness (QED) is 0.934. The molecule has 1 atom stereocenters. The van der Waals surface area contributed by atoms with E-state index >= 15 is 0 Å². The second-order valence-corrected chi connectivity index (χ2v) is 4.41. The lowest BCUT2D eigenvalue weighted by molar-refractivity contribution is 0.0982. The molecule has 4 nitrogen and oxygen atoms in total. The number of aromatic nitrogens is 2. The summed E-state index contributed by atoms with van der Waals surface area (Å²) in [4.78, 5) is 0. The van der Waals surface area contributed by atoms with E-state index in [1.165, 1.54) is 6.07 Å². The van der Waals surface area contributed by atoms with Gasteiger partial charge in [-0.3, -0.25) is 0 Å². The fourth-order valence-electron chi connectivity index (χ4n) is 1.67. The lowest BCUT2D eigenvalue weighted by atomic mass is 10.1. The van der Waals surface area contributed by atoms with Crippen molar-refractivity contribution in [2.75, 3.05) is 6.61 Å². The van der Waals surface area contributed by atoms with Crippen LogP contribution < -0.4 is 4.74 Å². The summed E-state index contributed by atoms with van der Waals surface area (Å²) < 4.78 is 32.1. The zero-order valence-electron chi connectivity index (χ0n) is 11.1. The van der Waals surface area contributed by atoms with Crippen LogP contribution in [-0.2, 0) is 0 Å². The van der Waals surface area contributed by atoms with Crippen molar-refractivity contribution in [1.29, 1.82) is 0 Å². The van der Waals surface area contributed by atoms with Crippen molar-refractivity contribution in [3.05, 3.63) is 52.7 Å². The van der Waals surface area contributed by atoms with E-state index in [9.17, 15) is 13.9 Å². The van der Waals surface area contributed by atoms with Crippen LogP contribution in [0.15, 0.2) is 24.3 Å². The van der Waals surface area contributed by atoms with Gasteiger partial charge in [0.1, 0.15) is 24.3 Å². The molecule has 0 aliphatic rings. The van der Waals surface area contributed by atoms with Gasteiger partial charge in [-0.05, 0) is 31.5 Å². The number of rotatable bonds is 4. The van der Waals surface area contributed by atoms with Crippen LogP contribution in [0.2, 0.25) is 0 Å². The minimum atomic E-state index is -1.42. The third-order valence-corrected chi connectivity index (χ3v) is 2.93. The molecule has 6 heteroatoms. The number of aliphatic hydroxyl groups excluding tert-OH is 1. The van der Waals surface area contributed by atoms with Gasteiger partial charge >= 0.3 is 0 Å². The Balaban J connectivity index is 2.08. The topological polar surface area (TPSA) is 55.2 Å². The predicted octanol–water partition coefficient (Wildman–Crippen LogP) is 2.48. The van der Waals surface area contributed by atoms with Gasteiger partial charge in [-0.15, -0.1) is 5.10 Å². The highest BCUT2D eigenvalue weighted by atomic mass is 19.1. The van der Waals surface area contributed by atoms with Gasteiger partial charge in [-0.1, -0.05) is 6.07 Å². The summed E-state index contributed by atoms with van der Waals surface area (Å²) in [6.45, 7) is 3.33. The van der Waals surface area contributed by atoms with E-state index < -0.39 is 23.3 Å². The fraction of sp³-hybridized carbons (Fsp3) is 0.286. The molecule has 2 rings (SSSR count). The summed E-state index contributed by atoms with van der Waals surface area (Å²) >= 11 is 0. The van der Waals surface area contributed by atoms with Crippen LogP contribution in [0.5, 0.6) is 5.88 Å². The minimum absolute atomic E-state index is 0.198. The number of aryl methyl sites for hydroxylation is 2. The van der Waals surface area contributed by atoms with Crippen molar-refractivity contribution < 1.29 is 18.6 Å². The maximum Gasteiger partial charge on any atom is 0.233 e. The zero-order chi connectivity index (χ0) is 14.7. The average Bonchev–Trinajstić information content (AvgIpc) is 2.40. The summed E-state index contributed by atoms with van der Waals surface area (Å²) in [6.07, 6.45) is -1.42. The smallest absolute Gasteiger partial charge is 0.233 e. The first-order valence-corrected chi connectivity index (χ1v) is 6.04. The van der Waals surface area contributed by atoms with E-state index in [0.29, 0.717) is 0 Å². The molecule has 2 aromatic rings. The normalized spacial score (nSPS) is 12.2. The molecular formula is C14H14F2N2O2. The molecule has 0 unspecified atom stereocenters. The lowest BCUT2D eigenvalue weighted by Gasteiger charge is -2.13. The molecule has 0 aliphatic carbocycles. The highest BCUT2D eigenvalue weighted by Crippen LogP contribution is 2.21. The van der Waals surface area contributed by atoms with Gasteiger partial charge in [0.2, 0.25) is 5.88 Å². The monoisotopic (exact) mass is 280 g/mol. The van der Waals surface area contributed by atoms with Gasteiger partial charge < -0.3 is 9.84 Å². The van der Waals surface area contributed by atoms with Crippen LogP contribution in [0.3, 0.4) is 0 Å². The summed E-state index contributed by atoms with van der Waals surface area (Å²) in [5, 5.41) is 17.5. The maximum absolute atomic E-state index is 13.5. The third-order valence-electron chi connectivity index (χ3n) is 2.93. The van der Waals surface area contributed by atoms with Gasteiger partial charge in [0, 0.05) is 6.07 Å². The summed E-state index contributed by atoms with van der Waals surface area (Å²) in [5.41, 5.74) is 1.23. The van der Waals surface area contributed by atoms with Crippen molar-refractivity contribution in [3.63, 3.8) is 0 Å². The van der Waals surface area contributed by atoms with Gasteiger partial charge in [0.05, 0.1) is 11.3 Å². The van der Waals surface area contributed by atoms with Crippen LogP contribution in [0, 0.1) is 25.5 Å². The Kier molecular flexibility index (Phi) is 4.24. The first kappa shape index (κ1) is 14.3. The average molecular weight is 280 g/mol. The van der Waals surface area contributed by atoms with Gasteiger partial charge in [0.15, 0.2) is 0 Å². The molecule has 0 spiro atoms. The van der Waals surface area contributed by atoms with Crippen LogP contribution in [0.4, 0.5) is 8.78 Å². The molecule has 20 heavy (non-hydrogen) atoms. The van der Waals surface area contributed by atoms with Crippen LogP contribution in [-0.4, -0.2) is 21.9 Å². The van der Waals surface area contributed by atoms with E-state index in [0.717, 1.165) is 23.4 Å². The number of hydrogen-bond acceptors (Lipinski definition) is 4. The summed E-state index contributed by atoms with van der Waals surface area (Å²) in [6, 6.07) is 5.04. The third kappa shape index (κ3) is 3.08. The minimum Gasteiger partial charge on any atom is -0.473 e. The van der Waals surface area contributed by atoms with Crippen molar-refractivity contribution >= 4 is 0 Å². The van der Waals surface area contributed by atoms with E-state index in [1.807, 2.05) is 6.92 Å².